The smallest absolute Gasteiger partial charge is 0.183 e. The number of aryl methyl sites for hydroxylation is 1. The van der Waals surface area contributed by atoms with Crippen LogP contribution in [-0.4, -0.2) is 25.8 Å². The molecule has 1 aliphatic rings. The standard InChI is InChI=1S/C18H21ClN2O2S/c1-2-12-3-5-13(6-4-12)16-17(18(16,21)11-20)24(22,23)15-9-7-14(19)8-10-15/h3-10,16-17H,2,11,20-21H2,1H3/t16-,17+,18-/m1/s1. The summed E-state index contributed by atoms with van der Waals surface area (Å²) < 4.78 is 26.0. The van der Waals surface area contributed by atoms with E-state index >= 15 is 0 Å². The summed E-state index contributed by atoms with van der Waals surface area (Å²) >= 11 is 5.85. The van der Waals surface area contributed by atoms with Crippen molar-refractivity contribution in [2.75, 3.05) is 6.54 Å². The van der Waals surface area contributed by atoms with E-state index in [0.29, 0.717) is 5.02 Å². The molecule has 1 fully saturated rings. The summed E-state index contributed by atoms with van der Waals surface area (Å²) in [5, 5.41) is -0.224. The van der Waals surface area contributed by atoms with E-state index < -0.39 is 20.6 Å². The number of sulfone groups is 1. The van der Waals surface area contributed by atoms with Crippen molar-refractivity contribution in [3.63, 3.8) is 0 Å². The highest BCUT2D eigenvalue weighted by atomic mass is 35.5. The molecule has 0 heterocycles. The van der Waals surface area contributed by atoms with Gasteiger partial charge in [-0.1, -0.05) is 42.8 Å². The molecule has 0 amide bonds. The molecule has 2 aromatic rings. The summed E-state index contributed by atoms with van der Waals surface area (Å²) in [6, 6.07) is 14.1. The number of benzene rings is 2. The van der Waals surface area contributed by atoms with Gasteiger partial charge in [0.1, 0.15) is 0 Å². The Kier molecular flexibility index (Phi) is 4.47. The Morgan fingerprint density at radius 1 is 1.08 bits per heavy atom. The van der Waals surface area contributed by atoms with Crippen molar-refractivity contribution in [2.45, 2.75) is 34.9 Å². The second kappa shape index (κ2) is 6.15. The van der Waals surface area contributed by atoms with E-state index in [9.17, 15) is 8.42 Å². The third-order valence-electron chi connectivity index (χ3n) is 4.88. The van der Waals surface area contributed by atoms with Crippen molar-refractivity contribution in [3.05, 3.63) is 64.7 Å². The van der Waals surface area contributed by atoms with Gasteiger partial charge in [0.25, 0.3) is 0 Å². The quantitative estimate of drug-likeness (QED) is 0.853. The monoisotopic (exact) mass is 364 g/mol. The molecular weight excluding hydrogens is 344 g/mol. The molecule has 128 valence electrons. The number of halogens is 1. The number of hydrogen-bond acceptors (Lipinski definition) is 4. The number of nitrogens with two attached hydrogens (primary N) is 2. The predicted octanol–water partition coefficient (Wildman–Crippen LogP) is 2.50. The van der Waals surface area contributed by atoms with Crippen LogP contribution >= 0.6 is 11.6 Å². The molecule has 4 N–H and O–H groups in total. The maximum atomic E-state index is 13.0. The van der Waals surface area contributed by atoms with Gasteiger partial charge in [0.15, 0.2) is 9.84 Å². The van der Waals surface area contributed by atoms with Crippen LogP contribution in [0.1, 0.15) is 24.0 Å². The average Bonchev–Trinajstić information content (AvgIpc) is 3.23. The molecule has 3 atom stereocenters. The highest BCUT2D eigenvalue weighted by molar-refractivity contribution is 7.92. The molecule has 0 spiro atoms. The highest BCUT2D eigenvalue weighted by Gasteiger charge is 2.68. The summed E-state index contributed by atoms with van der Waals surface area (Å²) in [5.41, 5.74) is 13.4. The van der Waals surface area contributed by atoms with Crippen molar-refractivity contribution in [3.8, 4) is 0 Å². The van der Waals surface area contributed by atoms with Gasteiger partial charge in [-0.2, -0.15) is 0 Å². The van der Waals surface area contributed by atoms with Gasteiger partial charge in [-0.3, -0.25) is 0 Å². The van der Waals surface area contributed by atoms with Crippen LogP contribution in [0.15, 0.2) is 53.4 Å². The SMILES string of the molecule is CCc1ccc([C@@H]2[C@H](S(=O)(=O)c3ccc(Cl)cc3)[C@@]2(N)CN)cc1. The lowest BCUT2D eigenvalue weighted by Crippen LogP contribution is -2.39. The topological polar surface area (TPSA) is 86.2 Å². The first-order chi connectivity index (χ1) is 11.3. The van der Waals surface area contributed by atoms with Gasteiger partial charge >= 0.3 is 0 Å². The minimum atomic E-state index is -3.58. The fourth-order valence-corrected chi connectivity index (χ4v) is 5.80. The first-order valence-corrected chi connectivity index (χ1v) is 9.84. The summed E-state index contributed by atoms with van der Waals surface area (Å²) in [4.78, 5) is 0.229. The van der Waals surface area contributed by atoms with Gasteiger partial charge in [-0.25, -0.2) is 8.42 Å². The Labute approximate surface area is 147 Å². The summed E-state index contributed by atoms with van der Waals surface area (Å²) in [6.07, 6.45) is 0.933. The summed E-state index contributed by atoms with van der Waals surface area (Å²) in [7, 11) is -3.58. The Balaban J connectivity index is 1.98. The maximum absolute atomic E-state index is 13.0. The third-order valence-corrected chi connectivity index (χ3v) is 7.44. The molecule has 0 bridgehead atoms. The van der Waals surface area contributed by atoms with Crippen molar-refractivity contribution in [1.82, 2.24) is 0 Å². The molecule has 0 aliphatic heterocycles. The van der Waals surface area contributed by atoms with E-state index in [-0.39, 0.29) is 17.4 Å². The third kappa shape index (κ3) is 2.75. The lowest BCUT2D eigenvalue weighted by Gasteiger charge is -2.09. The Bertz CT molecular complexity index is 834. The fourth-order valence-electron chi connectivity index (χ4n) is 3.35. The van der Waals surface area contributed by atoms with Crippen LogP contribution in [0.25, 0.3) is 0 Å². The van der Waals surface area contributed by atoms with Gasteiger partial charge in [0.05, 0.1) is 15.7 Å². The molecule has 1 aliphatic carbocycles. The zero-order valence-corrected chi connectivity index (χ0v) is 15.0. The van der Waals surface area contributed by atoms with E-state index in [1.165, 1.54) is 17.7 Å². The average molecular weight is 365 g/mol. The molecule has 1 saturated carbocycles. The molecular formula is C18H21ClN2O2S. The van der Waals surface area contributed by atoms with Gasteiger partial charge in [-0.05, 0) is 41.8 Å². The second-order valence-electron chi connectivity index (χ2n) is 6.31. The molecule has 0 radical (unpaired) electrons. The zero-order valence-electron chi connectivity index (χ0n) is 13.4. The highest BCUT2D eigenvalue weighted by Crippen LogP contribution is 2.55. The van der Waals surface area contributed by atoms with Gasteiger partial charge in [0.2, 0.25) is 0 Å². The van der Waals surface area contributed by atoms with Crippen LogP contribution in [0.3, 0.4) is 0 Å². The van der Waals surface area contributed by atoms with Gasteiger partial charge in [0, 0.05) is 17.5 Å². The minimum absolute atomic E-state index is 0.116. The Hall–Kier alpha value is -1.40. The van der Waals surface area contributed by atoms with Crippen LogP contribution < -0.4 is 11.5 Å². The van der Waals surface area contributed by atoms with Crippen LogP contribution in [0.2, 0.25) is 5.02 Å². The fraction of sp³-hybridized carbons (Fsp3) is 0.333. The van der Waals surface area contributed by atoms with Crippen molar-refractivity contribution >= 4 is 21.4 Å². The van der Waals surface area contributed by atoms with Crippen molar-refractivity contribution in [1.29, 1.82) is 0 Å². The lowest BCUT2D eigenvalue weighted by molar-refractivity contribution is 0.586. The van der Waals surface area contributed by atoms with Crippen molar-refractivity contribution < 1.29 is 8.42 Å². The lowest BCUT2D eigenvalue weighted by atomic mass is 10.0. The van der Waals surface area contributed by atoms with E-state index in [1.807, 2.05) is 24.3 Å². The van der Waals surface area contributed by atoms with Gasteiger partial charge in [-0.15, -0.1) is 0 Å². The Morgan fingerprint density at radius 2 is 1.67 bits per heavy atom. The molecule has 6 heteroatoms. The Morgan fingerprint density at radius 3 is 2.17 bits per heavy atom. The van der Waals surface area contributed by atoms with Crippen LogP contribution in [0.5, 0.6) is 0 Å². The number of rotatable bonds is 5. The number of hydrogen-bond donors (Lipinski definition) is 2. The summed E-state index contributed by atoms with van der Waals surface area (Å²) in [5.74, 6) is -0.297. The van der Waals surface area contributed by atoms with E-state index in [0.717, 1.165) is 12.0 Å². The normalized spacial score (nSPS) is 26.3. The van der Waals surface area contributed by atoms with E-state index in [4.69, 9.17) is 23.1 Å². The van der Waals surface area contributed by atoms with Crippen LogP contribution in [-0.2, 0) is 16.3 Å². The molecule has 0 unspecified atom stereocenters. The van der Waals surface area contributed by atoms with Crippen molar-refractivity contribution in [2.24, 2.45) is 11.5 Å². The first kappa shape index (κ1) is 17.4. The van der Waals surface area contributed by atoms with E-state index in [2.05, 4.69) is 6.92 Å². The van der Waals surface area contributed by atoms with E-state index in [1.54, 1.807) is 12.1 Å². The minimum Gasteiger partial charge on any atom is -0.329 e. The molecule has 3 rings (SSSR count). The largest absolute Gasteiger partial charge is 0.329 e. The predicted molar refractivity (Wildman–Crippen MR) is 97.0 cm³/mol. The van der Waals surface area contributed by atoms with Gasteiger partial charge < -0.3 is 11.5 Å². The second-order valence-corrected chi connectivity index (χ2v) is 8.81. The maximum Gasteiger partial charge on any atom is 0.183 e. The summed E-state index contributed by atoms with van der Waals surface area (Å²) in [6.45, 7) is 2.19. The van der Waals surface area contributed by atoms with Crippen LogP contribution in [0.4, 0.5) is 0 Å². The molecule has 2 aromatic carbocycles. The molecule has 0 aromatic heterocycles. The molecule has 4 nitrogen and oxygen atoms in total. The zero-order chi connectivity index (χ0) is 17.5. The molecule has 24 heavy (non-hydrogen) atoms. The first-order valence-electron chi connectivity index (χ1n) is 7.92. The van der Waals surface area contributed by atoms with Crippen LogP contribution in [0, 0.1) is 0 Å². The molecule has 0 saturated heterocycles.